The van der Waals surface area contributed by atoms with Crippen LogP contribution in [0.2, 0.25) is 5.02 Å². The summed E-state index contributed by atoms with van der Waals surface area (Å²) in [5, 5.41) is 18.6. The number of hydrogen-bond donors (Lipinski definition) is 3. The number of aromatic hydroxyl groups is 1. The van der Waals surface area contributed by atoms with Crippen LogP contribution in [0.1, 0.15) is 37.7 Å². The van der Waals surface area contributed by atoms with E-state index >= 15 is 0 Å². The maximum absolute atomic E-state index is 9.78. The van der Waals surface area contributed by atoms with Gasteiger partial charge in [0, 0.05) is 31.0 Å². The summed E-state index contributed by atoms with van der Waals surface area (Å²) < 4.78 is 45.7. The highest BCUT2D eigenvalue weighted by atomic mass is 35.5. The van der Waals surface area contributed by atoms with E-state index in [0.29, 0.717) is 115 Å². The number of ether oxygens (including phenoxy) is 8. The van der Waals surface area contributed by atoms with Crippen molar-refractivity contribution >= 4 is 34.3 Å². The molecule has 0 aliphatic heterocycles. The van der Waals surface area contributed by atoms with Crippen LogP contribution in [0.15, 0.2) is 65.9 Å². The third-order valence-electron chi connectivity index (χ3n) is 9.01. The lowest BCUT2D eigenvalue weighted by Crippen LogP contribution is -2.25. The van der Waals surface area contributed by atoms with E-state index in [0.717, 1.165) is 40.9 Å². The molecule has 0 radical (unpaired) electrons. The van der Waals surface area contributed by atoms with Gasteiger partial charge in [-0.05, 0) is 48.7 Å². The number of hydrogen-bond acceptors (Lipinski definition) is 12. The molecule has 0 spiro atoms. The second kappa shape index (κ2) is 24.6. The number of methoxy groups -OCH3 is 1. The zero-order valence-corrected chi connectivity index (χ0v) is 33.1. The van der Waals surface area contributed by atoms with Crippen molar-refractivity contribution in [2.45, 2.75) is 38.1 Å². The highest BCUT2D eigenvalue weighted by Crippen LogP contribution is 2.33. The standard InChI is InChI=1S/C41H56ClN5O9/c1-49-13-14-50-15-16-51-17-18-52-19-20-53-21-22-54-23-24-55-25-26-56-35-10-7-31(8-11-35)32-27-39-40(45-33-5-3-2-4-6-33)36(29-44-47(39)30-32)41(43)46-38-12-9-34(48)28-37(38)42/h7-12,27-30,33,45,48H,2-6,13-26H2,1H3,(H2,43,46). The first-order valence-electron chi connectivity index (χ1n) is 19.3. The molecule has 14 nitrogen and oxygen atoms in total. The number of anilines is 1. The van der Waals surface area contributed by atoms with Crippen LogP contribution in [0.25, 0.3) is 16.6 Å². The van der Waals surface area contributed by atoms with Gasteiger partial charge in [0.05, 0.1) is 120 Å². The minimum Gasteiger partial charge on any atom is -0.508 e. The molecule has 0 atom stereocenters. The Labute approximate surface area is 334 Å². The van der Waals surface area contributed by atoms with Gasteiger partial charge < -0.3 is 54.1 Å². The molecule has 2 aromatic heterocycles. The Morgan fingerprint density at radius 3 is 1.91 bits per heavy atom. The van der Waals surface area contributed by atoms with Gasteiger partial charge >= 0.3 is 0 Å². The van der Waals surface area contributed by atoms with E-state index < -0.39 is 0 Å². The fourth-order valence-corrected chi connectivity index (χ4v) is 6.31. The predicted octanol–water partition coefficient (Wildman–Crippen LogP) is 6.27. The summed E-state index contributed by atoms with van der Waals surface area (Å²) in [4.78, 5) is 4.60. The van der Waals surface area contributed by atoms with Gasteiger partial charge in [0.15, 0.2) is 0 Å². The molecule has 5 rings (SSSR count). The summed E-state index contributed by atoms with van der Waals surface area (Å²) in [6.07, 6.45) is 9.52. The Hall–Kier alpha value is -3.99. The normalized spacial score (nSPS) is 13.8. The molecule has 15 heteroatoms. The van der Waals surface area contributed by atoms with Crippen LogP contribution in [0.3, 0.4) is 0 Å². The minimum absolute atomic E-state index is 0.0641. The molecule has 0 amide bonds. The Morgan fingerprint density at radius 2 is 1.34 bits per heavy atom. The fraction of sp³-hybridized carbons (Fsp3) is 0.512. The summed E-state index contributed by atoms with van der Waals surface area (Å²) in [5.74, 6) is 1.10. The lowest BCUT2D eigenvalue weighted by molar-refractivity contribution is -0.0199. The molecule has 0 bridgehead atoms. The Bertz CT molecular complexity index is 1750. The number of rotatable bonds is 27. The number of nitrogens with two attached hydrogens (primary N) is 1. The van der Waals surface area contributed by atoms with E-state index in [1.165, 1.54) is 31.4 Å². The van der Waals surface area contributed by atoms with Crippen molar-refractivity contribution in [3.63, 3.8) is 0 Å². The lowest BCUT2D eigenvalue weighted by atomic mass is 9.95. The molecule has 1 aliphatic rings. The van der Waals surface area contributed by atoms with Crippen LogP contribution < -0.4 is 15.8 Å². The first-order valence-corrected chi connectivity index (χ1v) is 19.7. The van der Waals surface area contributed by atoms with Crippen LogP contribution in [-0.2, 0) is 33.2 Å². The zero-order valence-electron chi connectivity index (χ0n) is 32.3. The number of aliphatic imine (C=N–C) groups is 1. The number of fused-ring (bicyclic) bond motifs is 1. The smallest absolute Gasteiger partial charge is 0.135 e. The summed E-state index contributed by atoms with van der Waals surface area (Å²) in [7, 11) is 1.65. The summed E-state index contributed by atoms with van der Waals surface area (Å²) in [6.45, 7) is 7.11. The molecular weight excluding hydrogens is 742 g/mol. The van der Waals surface area contributed by atoms with Crippen LogP contribution in [-0.4, -0.2) is 126 Å². The Balaban J connectivity index is 1.00. The van der Waals surface area contributed by atoms with E-state index in [1.807, 2.05) is 35.0 Å². The van der Waals surface area contributed by atoms with Crippen LogP contribution in [0, 0.1) is 0 Å². The largest absolute Gasteiger partial charge is 0.508 e. The molecule has 1 fully saturated rings. The predicted molar refractivity (Wildman–Crippen MR) is 217 cm³/mol. The number of nitrogens with zero attached hydrogens (tertiary/aromatic N) is 3. The van der Waals surface area contributed by atoms with Gasteiger partial charge in [-0.2, -0.15) is 5.10 Å². The van der Waals surface area contributed by atoms with Crippen molar-refractivity contribution in [2.24, 2.45) is 10.7 Å². The van der Waals surface area contributed by atoms with E-state index in [1.54, 1.807) is 19.4 Å². The lowest BCUT2D eigenvalue weighted by Gasteiger charge is -2.25. The zero-order chi connectivity index (χ0) is 39.2. The molecule has 4 aromatic rings. The van der Waals surface area contributed by atoms with Crippen molar-refractivity contribution in [2.75, 3.05) is 105 Å². The average Bonchev–Trinajstić information content (AvgIpc) is 3.65. The van der Waals surface area contributed by atoms with Crippen molar-refractivity contribution in [3.05, 3.63) is 71.5 Å². The minimum atomic E-state index is 0.0641. The third-order valence-corrected chi connectivity index (χ3v) is 9.32. The van der Waals surface area contributed by atoms with Gasteiger partial charge in [-0.1, -0.05) is 43.0 Å². The van der Waals surface area contributed by atoms with Crippen molar-refractivity contribution in [3.8, 4) is 22.6 Å². The van der Waals surface area contributed by atoms with Crippen LogP contribution in [0.4, 0.5) is 11.4 Å². The molecule has 1 saturated carbocycles. The monoisotopic (exact) mass is 797 g/mol. The van der Waals surface area contributed by atoms with Gasteiger partial charge in [-0.3, -0.25) is 0 Å². The average molecular weight is 798 g/mol. The summed E-state index contributed by atoms with van der Waals surface area (Å²) in [6, 6.07) is 15.0. The van der Waals surface area contributed by atoms with Gasteiger partial charge in [-0.15, -0.1) is 0 Å². The molecule has 4 N–H and O–H groups in total. The molecule has 2 aromatic carbocycles. The highest BCUT2D eigenvalue weighted by Gasteiger charge is 2.20. The highest BCUT2D eigenvalue weighted by molar-refractivity contribution is 6.33. The molecular formula is C41H56ClN5O9. The van der Waals surface area contributed by atoms with E-state index in [4.69, 9.17) is 55.2 Å². The number of aromatic nitrogens is 2. The van der Waals surface area contributed by atoms with Gasteiger partial charge in [0.25, 0.3) is 0 Å². The van der Waals surface area contributed by atoms with Crippen LogP contribution in [0.5, 0.6) is 11.5 Å². The number of nitrogens with one attached hydrogen (secondary N) is 1. The molecule has 2 heterocycles. The van der Waals surface area contributed by atoms with E-state index in [9.17, 15) is 5.11 Å². The number of phenols is 1. The summed E-state index contributed by atoms with van der Waals surface area (Å²) in [5.41, 5.74) is 11.6. The van der Waals surface area contributed by atoms with Gasteiger partial charge in [0.1, 0.15) is 23.9 Å². The molecule has 306 valence electrons. The molecule has 1 aliphatic carbocycles. The number of benzene rings is 2. The molecule has 56 heavy (non-hydrogen) atoms. The second-order valence-electron chi connectivity index (χ2n) is 13.1. The van der Waals surface area contributed by atoms with Crippen LogP contribution >= 0.6 is 11.6 Å². The first kappa shape index (κ1) is 43.1. The number of amidine groups is 1. The van der Waals surface area contributed by atoms with E-state index in [-0.39, 0.29) is 11.6 Å². The maximum atomic E-state index is 9.78. The Morgan fingerprint density at radius 1 is 0.768 bits per heavy atom. The first-order chi connectivity index (χ1) is 27.5. The number of phenolic OH excluding ortho intramolecular Hbond substituents is 1. The van der Waals surface area contributed by atoms with Crippen molar-refractivity contribution in [1.82, 2.24) is 9.61 Å². The Kier molecular flexibility index (Phi) is 19.0. The van der Waals surface area contributed by atoms with Crippen molar-refractivity contribution in [1.29, 1.82) is 0 Å². The van der Waals surface area contributed by atoms with E-state index in [2.05, 4.69) is 21.5 Å². The maximum Gasteiger partial charge on any atom is 0.135 e. The molecule has 0 saturated heterocycles. The fourth-order valence-electron chi connectivity index (χ4n) is 6.09. The second-order valence-corrected chi connectivity index (χ2v) is 13.6. The summed E-state index contributed by atoms with van der Waals surface area (Å²) >= 11 is 6.34. The SMILES string of the molecule is COCCOCCOCCOCCOCCOCCOCCOc1ccc(-c2cc3c(NC4CCCCC4)c(C(N)=Nc4ccc(O)cc4Cl)cnn3c2)cc1. The number of halogens is 1. The van der Waals surface area contributed by atoms with Crippen molar-refractivity contribution < 1.29 is 43.0 Å². The van der Waals surface area contributed by atoms with Gasteiger partial charge in [-0.25, -0.2) is 9.51 Å². The quantitative estimate of drug-likeness (QED) is 0.0353. The van der Waals surface area contributed by atoms with Gasteiger partial charge in [0.2, 0.25) is 0 Å². The topological polar surface area (TPSA) is 162 Å². The third kappa shape index (κ3) is 14.5. The molecule has 0 unspecified atom stereocenters.